The van der Waals surface area contributed by atoms with E-state index in [1.165, 1.54) is 27.9 Å². The van der Waals surface area contributed by atoms with E-state index in [0.717, 1.165) is 0 Å². The van der Waals surface area contributed by atoms with E-state index < -0.39 is 104 Å². The molecule has 4 rings (SSSR count). The smallest absolute Gasteiger partial charge is 0.364 e. The molecular formula is C22H36O16. The molecule has 4 saturated heterocycles. The first-order valence-electron chi connectivity index (χ1n) is 12.2. The normalized spacial score (nSPS) is 53.8. The minimum atomic E-state index is -1.99. The Morgan fingerprint density at radius 2 is 1.37 bits per heavy atom. The van der Waals surface area contributed by atoms with Crippen molar-refractivity contribution >= 4 is 5.97 Å². The van der Waals surface area contributed by atoms with Crippen LogP contribution in [0.25, 0.3) is 0 Å². The summed E-state index contributed by atoms with van der Waals surface area (Å²) in [6.07, 6.45) is -20.4. The fraction of sp³-hybridized carbons (Fsp3) is 0.955. The first-order chi connectivity index (χ1) is 17.8. The summed E-state index contributed by atoms with van der Waals surface area (Å²) in [5.74, 6) is -3.38. The Morgan fingerprint density at radius 1 is 0.789 bits per heavy atom. The van der Waals surface area contributed by atoms with Crippen LogP contribution in [-0.4, -0.2) is 153 Å². The van der Waals surface area contributed by atoms with Crippen molar-refractivity contribution < 1.29 is 78.4 Å². The van der Waals surface area contributed by atoms with Crippen LogP contribution >= 0.6 is 0 Å². The van der Waals surface area contributed by atoms with Crippen molar-refractivity contribution in [3.05, 3.63) is 0 Å². The Hall–Kier alpha value is -1.09. The predicted molar refractivity (Wildman–Crippen MR) is 117 cm³/mol. The maximum atomic E-state index is 11.6. The number of carboxylic acid groups (broad SMARTS) is 1. The van der Waals surface area contributed by atoms with Crippen LogP contribution < -0.4 is 0 Å². The van der Waals surface area contributed by atoms with E-state index in [9.17, 15) is 40.5 Å². The van der Waals surface area contributed by atoms with Gasteiger partial charge in [0.25, 0.3) is 5.79 Å². The summed E-state index contributed by atoms with van der Waals surface area (Å²) >= 11 is 0. The van der Waals surface area contributed by atoms with Gasteiger partial charge >= 0.3 is 5.97 Å². The summed E-state index contributed by atoms with van der Waals surface area (Å²) in [5.41, 5.74) is 0. The average Bonchev–Trinajstić information content (AvgIpc) is 2.86. The molecule has 4 fully saturated rings. The summed E-state index contributed by atoms with van der Waals surface area (Å²) in [5, 5.41) is 72.6. The Kier molecular flexibility index (Phi) is 8.98. The SMILES string of the molecule is CO[C@@H]1[C@@H](O)[C@H](O[C@@H]2[C@@H](O)[C@H](C)O[C@@H](O[C@H]3C(O)O[C@@H](C)[C@@H](O)[C@H]3O)[C@@H]2O)O[C@@H]2COC(C)(C(=O)O)O[C@@H]12. The number of aliphatic hydroxyl groups is 6. The van der Waals surface area contributed by atoms with Crippen molar-refractivity contribution in [3.63, 3.8) is 0 Å². The van der Waals surface area contributed by atoms with Gasteiger partial charge in [-0.1, -0.05) is 0 Å². The number of hydrogen-bond acceptors (Lipinski definition) is 15. The lowest BCUT2D eigenvalue weighted by atomic mass is 9.95. The monoisotopic (exact) mass is 556 g/mol. The molecule has 2 unspecified atom stereocenters. The molecule has 4 heterocycles. The van der Waals surface area contributed by atoms with E-state index in [0.29, 0.717) is 0 Å². The van der Waals surface area contributed by atoms with Gasteiger partial charge < -0.3 is 73.6 Å². The topological polar surface area (TPSA) is 233 Å². The van der Waals surface area contributed by atoms with Crippen LogP contribution in [0.5, 0.6) is 0 Å². The summed E-state index contributed by atoms with van der Waals surface area (Å²) in [6, 6.07) is 0. The molecule has 0 saturated carbocycles. The van der Waals surface area contributed by atoms with Crippen LogP contribution in [0.2, 0.25) is 0 Å². The number of aliphatic hydroxyl groups excluding tert-OH is 6. The Labute approximate surface area is 217 Å². The van der Waals surface area contributed by atoms with Gasteiger partial charge in [0.1, 0.15) is 61.0 Å². The lowest BCUT2D eigenvalue weighted by Gasteiger charge is -2.50. The average molecular weight is 557 g/mol. The van der Waals surface area contributed by atoms with E-state index in [1.807, 2.05) is 0 Å². The van der Waals surface area contributed by atoms with Crippen molar-refractivity contribution in [2.75, 3.05) is 13.7 Å². The summed E-state index contributed by atoms with van der Waals surface area (Å²) in [4.78, 5) is 11.6. The second-order valence-corrected chi connectivity index (χ2v) is 9.98. The molecule has 0 amide bonds. The van der Waals surface area contributed by atoms with Gasteiger partial charge in [-0.3, -0.25) is 0 Å². The third kappa shape index (κ3) is 5.44. The first kappa shape index (κ1) is 29.9. The molecule has 16 heteroatoms. The van der Waals surface area contributed by atoms with Crippen molar-refractivity contribution in [3.8, 4) is 0 Å². The van der Waals surface area contributed by atoms with Gasteiger partial charge in [0, 0.05) is 14.0 Å². The maximum Gasteiger partial charge on any atom is 0.364 e. The largest absolute Gasteiger partial charge is 0.477 e. The number of methoxy groups -OCH3 is 1. The zero-order chi connectivity index (χ0) is 28.1. The van der Waals surface area contributed by atoms with Crippen LogP contribution in [0.4, 0.5) is 0 Å². The molecule has 16 nitrogen and oxygen atoms in total. The molecule has 0 aliphatic carbocycles. The van der Waals surface area contributed by atoms with Crippen molar-refractivity contribution in [2.24, 2.45) is 0 Å². The maximum absolute atomic E-state index is 11.6. The van der Waals surface area contributed by atoms with Crippen molar-refractivity contribution in [1.29, 1.82) is 0 Å². The molecular weight excluding hydrogens is 520 g/mol. The van der Waals surface area contributed by atoms with Gasteiger partial charge in [-0.15, -0.1) is 0 Å². The molecule has 4 aliphatic heterocycles. The van der Waals surface area contributed by atoms with Crippen LogP contribution in [-0.2, 0) is 42.7 Å². The number of fused-ring (bicyclic) bond motifs is 1. The van der Waals surface area contributed by atoms with Crippen LogP contribution in [0.15, 0.2) is 0 Å². The molecule has 4 aliphatic rings. The van der Waals surface area contributed by atoms with Crippen molar-refractivity contribution in [1.82, 2.24) is 0 Å². The minimum absolute atomic E-state index is 0.251. The lowest BCUT2D eigenvalue weighted by Crippen LogP contribution is -2.68. The Bertz CT molecular complexity index is 831. The summed E-state index contributed by atoms with van der Waals surface area (Å²) in [7, 11) is 1.27. The van der Waals surface area contributed by atoms with E-state index in [1.54, 1.807) is 0 Å². The molecule has 220 valence electrons. The highest BCUT2D eigenvalue weighted by atomic mass is 16.8. The second-order valence-electron chi connectivity index (χ2n) is 9.98. The third-order valence-electron chi connectivity index (χ3n) is 7.33. The first-order valence-corrected chi connectivity index (χ1v) is 12.2. The number of rotatable bonds is 6. The molecule has 7 N–H and O–H groups in total. The number of carboxylic acids is 1. The Morgan fingerprint density at radius 3 is 2.00 bits per heavy atom. The van der Waals surface area contributed by atoms with Crippen LogP contribution in [0.3, 0.4) is 0 Å². The van der Waals surface area contributed by atoms with Crippen LogP contribution in [0.1, 0.15) is 20.8 Å². The quantitative estimate of drug-likeness (QED) is 0.165. The predicted octanol–water partition coefficient (Wildman–Crippen LogP) is -4.00. The highest BCUT2D eigenvalue weighted by molar-refractivity contribution is 5.75. The fourth-order valence-electron chi connectivity index (χ4n) is 4.95. The summed E-state index contributed by atoms with van der Waals surface area (Å²) < 4.78 is 43.9. The van der Waals surface area contributed by atoms with E-state index >= 15 is 0 Å². The van der Waals surface area contributed by atoms with E-state index in [4.69, 9.17) is 37.9 Å². The minimum Gasteiger partial charge on any atom is -0.477 e. The van der Waals surface area contributed by atoms with Gasteiger partial charge in [-0.05, 0) is 13.8 Å². The number of hydrogen-bond donors (Lipinski definition) is 7. The van der Waals surface area contributed by atoms with E-state index in [-0.39, 0.29) is 6.61 Å². The van der Waals surface area contributed by atoms with E-state index in [2.05, 4.69) is 0 Å². The third-order valence-corrected chi connectivity index (χ3v) is 7.33. The zero-order valence-corrected chi connectivity index (χ0v) is 21.2. The Balaban J connectivity index is 1.48. The standard InChI is InChI=1S/C22H36O16/c1-6-9(23)11(25)17(18(28)33-6)37-19-12(26)15(10(24)7(2)34-19)36-20-13(27)16(31-4)14-8(35-20)5-32-22(3,38-14)21(29)30/h6-20,23-28H,5H2,1-4H3,(H,29,30)/t6-,7-,8+,9+,10-,11+,12+,13+,14+,15+,16+,17+,18?,19-,20-,22?/m0/s1. The van der Waals surface area contributed by atoms with Gasteiger partial charge in [0.2, 0.25) is 0 Å². The summed E-state index contributed by atoms with van der Waals surface area (Å²) in [6.45, 7) is 3.85. The number of aliphatic carboxylic acids is 1. The molecule has 0 spiro atoms. The molecule has 38 heavy (non-hydrogen) atoms. The van der Waals surface area contributed by atoms with Crippen molar-refractivity contribution in [2.45, 2.75) is 119 Å². The zero-order valence-electron chi connectivity index (χ0n) is 21.2. The molecule has 0 aromatic rings. The number of carbonyl (C=O) groups is 1. The molecule has 0 radical (unpaired) electrons. The number of ether oxygens (including phenoxy) is 8. The second kappa shape index (κ2) is 11.4. The highest BCUT2D eigenvalue weighted by Gasteiger charge is 2.57. The van der Waals surface area contributed by atoms with Gasteiger partial charge in [-0.25, -0.2) is 4.79 Å². The van der Waals surface area contributed by atoms with Gasteiger partial charge in [-0.2, -0.15) is 0 Å². The lowest BCUT2D eigenvalue weighted by molar-refractivity contribution is -0.402. The fourth-order valence-corrected chi connectivity index (χ4v) is 4.95. The molecule has 0 aromatic carbocycles. The molecule has 0 bridgehead atoms. The molecule has 16 atom stereocenters. The van der Waals surface area contributed by atoms with Gasteiger partial charge in [0.15, 0.2) is 18.9 Å². The molecule has 0 aromatic heterocycles. The van der Waals surface area contributed by atoms with Crippen LogP contribution in [0, 0.1) is 0 Å². The van der Waals surface area contributed by atoms with Gasteiger partial charge in [0.05, 0.1) is 18.8 Å². The highest BCUT2D eigenvalue weighted by Crippen LogP contribution is 2.36.